The topological polar surface area (TPSA) is 17.0 Å². The van der Waals surface area contributed by atoms with Gasteiger partial charge in [0.25, 0.3) is 0 Å². The monoisotopic (exact) mass is 282 g/mol. The number of alkyl halides is 3. The fourth-order valence-corrected chi connectivity index (χ4v) is 2.11. The lowest BCUT2D eigenvalue weighted by molar-refractivity contribution is -0.137. The molecule has 0 fully saturated rings. The predicted octanol–water partition coefficient (Wildman–Crippen LogP) is 4.00. The molecule has 0 aliphatic rings. The molecule has 0 atom stereocenters. The normalized spacial score (nSPS) is 11.8. The van der Waals surface area contributed by atoms with Crippen molar-refractivity contribution in [1.82, 2.24) is 9.88 Å². The van der Waals surface area contributed by atoms with E-state index in [0.29, 0.717) is 6.54 Å². The van der Waals surface area contributed by atoms with Crippen LogP contribution in [0.15, 0.2) is 42.6 Å². The van der Waals surface area contributed by atoms with Gasteiger partial charge in [0.05, 0.1) is 11.3 Å². The Morgan fingerprint density at radius 2 is 1.85 bits per heavy atom. The van der Waals surface area contributed by atoms with Crippen LogP contribution in [0.2, 0.25) is 0 Å². The molecule has 0 spiro atoms. The Labute approximate surface area is 116 Å². The molecule has 0 saturated heterocycles. The molecule has 0 radical (unpaired) electrons. The second-order valence-corrected chi connectivity index (χ2v) is 4.56. The van der Waals surface area contributed by atoms with Crippen molar-refractivity contribution in [3.05, 3.63) is 53.9 Å². The average Bonchev–Trinajstić information content (AvgIpc) is 2.86. The molecule has 1 N–H and O–H groups in total. The summed E-state index contributed by atoms with van der Waals surface area (Å²) in [6.45, 7) is 3.43. The summed E-state index contributed by atoms with van der Waals surface area (Å²) in [6.07, 6.45) is -1.71. The number of halogens is 3. The second kappa shape index (κ2) is 6.13. The Hall–Kier alpha value is -1.75. The molecule has 1 aromatic heterocycles. The van der Waals surface area contributed by atoms with E-state index in [1.807, 2.05) is 13.0 Å². The van der Waals surface area contributed by atoms with Gasteiger partial charge in [0.1, 0.15) is 0 Å². The smallest absolute Gasteiger partial charge is 0.319 e. The quantitative estimate of drug-likeness (QED) is 0.820. The predicted molar refractivity (Wildman–Crippen MR) is 72.8 cm³/mol. The van der Waals surface area contributed by atoms with Crippen LogP contribution in [-0.4, -0.2) is 11.1 Å². The highest BCUT2D eigenvalue weighted by molar-refractivity contribution is 5.44. The van der Waals surface area contributed by atoms with Gasteiger partial charge in [0.15, 0.2) is 0 Å². The van der Waals surface area contributed by atoms with Crippen molar-refractivity contribution in [1.29, 1.82) is 0 Å². The molecule has 0 saturated carbocycles. The van der Waals surface area contributed by atoms with Crippen LogP contribution < -0.4 is 5.32 Å². The van der Waals surface area contributed by atoms with Crippen LogP contribution in [0.4, 0.5) is 13.2 Å². The van der Waals surface area contributed by atoms with E-state index < -0.39 is 11.7 Å². The fourth-order valence-electron chi connectivity index (χ4n) is 2.11. The maximum Gasteiger partial charge on any atom is 0.418 e. The summed E-state index contributed by atoms with van der Waals surface area (Å²) in [5.74, 6) is 0. The van der Waals surface area contributed by atoms with Gasteiger partial charge >= 0.3 is 6.18 Å². The zero-order chi connectivity index (χ0) is 14.6. The van der Waals surface area contributed by atoms with Crippen LogP contribution in [0.3, 0.4) is 0 Å². The molecule has 2 nitrogen and oxygen atoms in total. The third-order valence-corrected chi connectivity index (χ3v) is 3.04. The molecule has 5 heteroatoms. The largest absolute Gasteiger partial charge is 0.418 e. The van der Waals surface area contributed by atoms with Crippen molar-refractivity contribution in [2.24, 2.45) is 0 Å². The van der Waals surface area contributed by atoms with E-state index in [9.17, 15) is 13.2 Å². The van der Waals surface area contributed by atoms with E-state index >= 15 is 0 Å². The Morgan fingerprint density at radius 1 is 1.10 bits per heavy atom. The van der Waals surface area contributed by atoms with Gasteiger partial charge in [-0.25, -0.2) is 0 Å². The first-order chi connectivity index (χ1) is 9.54. The van der Waals surface area contributed by atoms with Crippen molar-refractivity contribution in [2.75, 3.05) is 6.54 Å². The van der Waals surface area contributed by atoms with Crippen LogP contribution in [0.5, 0.6) is 0 Å². The molecule has 1 heterocycles. The van der Waals surface area contributed by atoms with Gasteiger partial charge in [0.2, 0.25) is 0 Å². The van der Waals surface area contributed by atoms with E-state index in [-0.39, 0.29) is 5.69 Å². The first kappa shape index (κ1) is 14.7. The van der Waals surface area contributed by atoms with Crippen molar-refractivity contribution < 1.29 is 13.2 Å². The molecule has 2 aromatic rings. The summed E-state index contributed by atoms with van der Waals surface area (Å²) >= 11 is 0. The number of rotatable bonds is 5. The van der Waals surface area contributed by atoms with E-state index in [4.69, 9.17) is 0 Å². The summed E-state index contributed by atoms with van der Waals surface area (Å²) < 4.78 is 40.7. The highest BCUT2D eigenvalue weighted by atomic mass is 19.4. The van der Waals surface area contributed by atoms with E-state index in [0.717, 1.165) is 24.7 Å². The number of hydrogen-bond acceptors (Lipinski definition) is 1. The molecule has 0 unspecified atom stereocenters. The van der Waals surface area contributed by atoms with E-state index in [2.05, 4.69) is 5.32 Å². The van der Waals surface area contributed by atoms with Crippen LogP contribution in [0.25, 0.3) is 5.69 Å². The lowest BCUT2D eigenvalue weighted by atomic mass is 10.1. The Bertz CT molecular complexity index is 558. The maximum absolute atomic E-state index is 13.0. The van der Waals surface area contributed by atoms with Crippen molar-refractivity contribution >= 4 is 0 Å². The van der Waals surface area contributed by atoms with Crippen LogP contribution in [0, 0.1) is 0 Å². The molecule has 20 heavy (non-hydrogen) atoms. The van der Waals surface area contributed by atoms with Crippen LogP contribution in [-0.2, 0) is 12.7 Å². The Kier molecular flexibility index (Phi) is 4.49. The van der Waals surface area contributed by atoms with Gasteiger partial charge < -0.3 is 9.88 Å². The SMILES string of the molecule is CCCNCc1cccn1-c1ccccc1C(F)(F)F. The Morgan fingerprint density at radius 3 is 2.55 bits per heavy atom. The standard InChI is InChI=1S/C15H17F3N2/c1-2-9-19-11-12-6-5-10-20(12)14-8-4-3-7-13(14)15(16,17)18/h3-8,10,19H,2,9,11H2,1H3. The summed E-state index contributed by atoms with van der Waals surface area (Å²) in [5.41, 5.74) is 0.362. The Balaban J connectivity index is 2.35. The van der Waals surface area contributed by atoms with Crippen molar-refractivity contribution in [3.8, 4) is 5.69 Å². The van der Waals surface area contributed by atoms with E-state index in [1.54, 1.807) is 22.9 Å². The number of nitrogens with zero attached hydrogens (tertiary/aromatic N) is 1. The van der Waals surface area contributed by atoms with E-state index in [1.165, 1.54) is 12.1 Å². The highest BCUT2D eigenvalue weighted by Crippen LogP contribution is 2.34. The van der Waals surface area contributed by atoms with Crippen LogP contribution >= 0.6 is 0 Å². The van der Waals surface area contributed by atoms with Crippen LogP contribution in [0.1, 0.15) is 24.6 Å². The third-order valence-electron chi connectivity index (χ3n) is 3.04. The van der Waals surface area contributed by atoms with Gasteiger partial charge in [-0.1, -0.05) is 19.1 Å². The lowest BCUT2D eigenvalue weighted by Gasteiger charge is -2.16. The summed E-state index contributed by atoms with van der Waals surface area (Å²) in [6, 6.07) is 9.22. The van der Waals surface area contributed by atoms with Crippen molar-refractivity contribution in [2.45, 2.75) is 26.1 Å². The highest BCUT2D eigenvalue weighted by Gasteiger charge is 2.33. The minimum absolute atomic E-state index is 0.165. The molecular weight excluding hydrogens is 265 g/mol. The summed E-state index contributed by atoms with van der Waals surface area (Å²) in [4.78, 5) is 0. The van der Waals surface area contributed by atoms with Gasteiger partial charge in [-0.3, -0.25) is 0 Å². The summed E-state index contributed by atoms with van der Waals surface area (Å²) in [5, 5.41) is 3.20. The number of aromatic nitrogens is 1. The first-order valence-corrected chi connectivity index (χ1v) is 6.57. The third kappa shape index (κ3) is 3.22. The molecule has 2 rings (SSSR count). The molecular formula is C15H17F3N2. The zero-order valence-corrected chi connectivity index (χ0v) is 11.2. The first-order valence-electron chi connectivity index (χ1n) is 6.57. The van der Waals surface area contributed by atoms with Gasteiger partial charge in [-0.05, 0) is 37.2 Å². The van der Waals surface area contributed by atoms with Gasteiger partial charge in [-0.2, -0.15) is 13.2 Å². The maximum atomic E-state index is 13.0. The van der Waals surface area contributed by atoms with Gasteiger partial charge in [-0.15, -0.1) is 0 Å². The average molecular weight is 282 g/mol. The second-order valence-electron chi connectivity index (χ2n) is 4.56. The number of hydrogen-bond donors (Lipinski definition) is 1. The fraction of sp³-hybridized carbons (Fsp3) is 0.333. The molecule has 108 valence electrons. The summed E-state index contributed by atoms with van der Waals surface area (Å²) in [7, 11) is 0. The lowest BCUT2D eigenvalue weighted by Crippen LogP contribution is -2.17. The molecule has 0 aliphatic carbocycles. The zero-order valence-electron chi connectivity index (χ0n) is 11.2. The number of para-hydroxylation sites is 1. The molecule has 0 aliphatic heterocycles. The van der Waals surface area contributed by atoms with Gasteiger partial charge in [0, 0.05) is 18.4 Å². The number of nitrogens with one attached hydrogen (secondary N) is 1. The molecule has 0 amide bonds. The minimum Gasteiger partial charge on any atom is -0.319 e. The molecule has 1 aromatic carbocycles. The minimum atomic E-state index is -4.35. The molecule has 0 bridgehead atoms. The number of benzene rings is 1. The van der Waals surface area contributed by atoms with Crippen molar-refractivity contribution in [3.63, 3.8) is 0 Å².